The third-order valence-corrected chi connectivity index (χ3v) is 2.09. The van der Waals surface area contributed by atoms with Gasteiger partial charge < -0.3 is 4.74 Å². The van der Waals surface area contributed by atoms with Crippen LogP contribution in [0.4, 0.5) is 0 Å². The van der Waals surface area contributed by atoms with Crippen molar-refractivity contribution < 1.29 is 17.3 Å². The van der Waals surface area contributed by atoms with Crippen LogP contribution in [0.1, 0.15) is 0 Å². The molecule has 0 unspecified atom stereocenters. The molecule has 1 saturated heterocycles. The molecule has 0 N–H and O–H groups in total. The standard InChI is InChI=1S/C6H9NO4S/c1-12(8,9)11-5-6(2-7)3-10-4-6/h3-5H2,1H3. The van der Waals surface area contributed by atoms with E-state index in [1.165, 1.54) is 0 Å². The Balaban J connectivity index is 2.47. The Hall–Kier alpha value is -0.640. The quantitative estimate of drug-likeness (QED) is 0.562. The van der Waals surface area contributed by atoms with Crippen LogP contribution < -0.4 is 0 Å². The van der Waals surface area contributed by atoms with Gasteiger partial charge in [-0.25, -0.2) is 0 Å². The van der Waals surface area contributed by atoms with Gasteiger partial charge in [0.2, 0.25) is 0 Å². The lowest BCUT2D eigenvalue weighted by Gasteiger charge is -2.33. The maximum Gasteiger partial charge on any atom is 0.264 e. The fourth-order valence-electron chi connectivity index (χ4n) is 0.748. The molecule has 6 heteroatoms. The molecule has 0 aromatic rings. The van der Waals surface area contributed by atoms with Gasteiger partial charge in [-0.3, -0.25) is 4.18 Å². The van der Waals surface area contributed by atoms with Gasteiger partial charge in [-0.2, -0.15) is 13.7 Å². The van der Waals surface area contributed by atoms with E-state index in [2.05, 4.69) is 4.18 Å². The summed E-state index contributed by atoms with van der Waals surface area (Å²) < 4.78 is 30.4. The van der Waals surface area contributed by atoms with Crippen LogP contribution in [0.2, 0.25) is 0 Å². The van der Waals surface area contributed by atoms with Crippen LogP contribution in [-0.4, -0.2) is 34.5 Å². The second-order valence-corrected chi connectivity index (χ2v) is 4.50. The van der Waals surface area contributed by atoms with Crippen molar-refractivity contribution in [2.45, 2.75) is 0 Å². The fourth-order valence-corrected chi connectivity index (χ4v) is 1.19. The van der Waals surface area contributed by atoms with E-state index < -0.39 is 15.5 Å². The van der Waals surface area contributed by atoms with Gasteiger partial charge in [0, 0.05) is 0 Å². The molecular weight excluding hydrogens is 182 g/mol. The zero-order chi connectivity index (χ0) is 9.24. The van der Waals surface area contributed by atoms with Gasteiger partial charge in [0.25, 0.3) is 10.1 Å². The normalized spacial score (nSPS) is 21.0. The summed E-state index contributed by atoms with van der Waals surface area (Å²) in [6.07, 6.45) is 0.956. The molecule has 0 atom stereocenters. The summed E-state index contributed by atoms with van der Waals surface area (Å²) in [5.74, 6) is 0. The molecule has 0 spiro atoms. The molecule has 0 bridgehead atoms. The molecule has 0 saturated carbocycles. The molecule has 12 heavy (non-hydrogen) atoms. The van der Waals surface area contributed by atoms with Crippen molar-refractivity contribution in [3.8, 4) is 6.07 Å². The second-order valence-electron chi connectivity index (χ2n) is 2.85. The first-order valence-corrected chi connectivity index (χ1v) is 5.13. The zero-order valence-electron chi connectivity index (χ0n) is 6.61. The SMILES string of the molecule is CS(=O)(=O)OCC1(C#N)COC1. The minimum absolute atomic E-state index is 0.109. The van der Waals surface area contributed by atoms with E-state index >= 15 is 0 Å². The van der Waals surface area contributed by atoms with Gasteiger partial charge in [-0.1, -0.05) is 0 Å². The van der Waals surface area contributed by atoms with Crippen molar-refractivity contribution >= 4 is 10.1 Å². The van der Waals surface area contributed by atoms with Crippen molar-refractivity contribution in [2.75, 3.05) is 26.1 Å². The Morgan fingerprint density at radius 3 is 2.50 bits per heavy atom. The van der Waals surface area contributed by atoms with Crippen molar-refractivity contribution in [2.24, 2.45) is 5.41 Å². The van der Waals surface area contributed by atoms with Gasteiger partial charge in [0.15, 0.2) is 0 Å². The van der Waals surface area contributed by atoms with Crippen LogP contribution in [0.5, 0.6) is 0 Å². The van der Waals surface area contributed by atoms with Crippen LogP contribution in [0.25, 0.3) is 0 Å². The summed E-state index contributed by atoms with van der Waals surface area (Å²) in [7, 11) is -3.45. The van der Waals surface area contributed by atoms with E-state index in [0.717, 1.165) is 6.26 Å². The fraction of sp³-hybridized carbons (Fsp3) is 0.833. The molecular formula is C6H9NO4S. The number of rotatable bonds is 3. The molecule has 5 nitrogen and oxygen atoms in total. The first-order chi connectivity index (χ1) is 5.47. The second kappa shape index (κ2) is 3.01. The Bertz CT molecular complexity index is 298. The molecule has 1 heterocycles. The molecule has 1 aliphatic rings. The van der Waals surface area contributed by atoms with Crippen LogP contribution in [-0.2, 0) is 19.0 Å². The molecule has 0 aromatic heterocycles. The minimum Gasteiger partial charge on any atom is -0.378 e. The van der Waals surface area contributed by atoms with Crippen molar-refractivity contribution in [1.29, 1.82) is 5.26 Å². The minimum atomic E-state index is -3.45. The number of nitrogens with zero attached hydrogens (tertiary/aromatic N) is 1. The highest BCUT2D eigenvalue weighted by Crippen LogP contribution is 2.26. The van der Waals surface area contributed by atoms with E-state index in [-0.39, 0.29) is 19.8 Å². The van der Waals surface area contributed by atoms with Crippen molar-refractivity contribution in [3.63, 3.8) is 0 Å². The maximum absolute atomic E-state index is 10.6. The molecule has 0 aliphatic carbocycles. The van der Waals surface area contributed by atoms with Gasteiger partial charge in [-0.05, 0) is 0 Å². The van der Waals surface area contributed by atoms with Gasteiger partial charge in [0.05, 0.1) is 32.1 Å². The first kappa shape index (κ1) is 9.45. The van der Waals surface area contributed by atoms with E-state index in [4.69, 9.17) is 10.00 Å². The number of hydrogen-bond donors (Lipinski definition) is 0. The lowest BCUT2D eigenvalue weighted by Crippen LogP contribution is -2.45. The molecule has 68 valence electrons. The first-order valence-electron chi connectivity index (χ1n) is 3.31. The van der Waals surface area contributed by atoms with Crippen LogP contribution >= 0.6 is 0 Å². The van der Waals surface area contributed by atoms with Crippen LogP contribution in [0.3, 0.4) is 0 Å². The lowest BCUT2D eigenvalue weighted by atomic mass is 9.89. The monoisotopic (exact) mass is 191 g/mol. The summed E-state index contributed by atoms with van der Waals surface area (Å²) in [5.41, 5.74) is -0.747. The molecule has 0 aromatic carbocycles. The van der Waals surface area contributed by atoms with Gasteiger partial charge >= 0.3 is 0 Å². The summed E-state index contributed by atoms with van der Waals surface area (Å²) in [6, 6.07) is 1.97. The lowest BCUT2D eigenvalue weighted by molar-refractivity contribution is -0.0952. The third-order valence-electron chi connectivity index (χ3n) is 1.54. The topological polar surface area (TPSA) is 76.4 Å². The maximum atomic E-state index is 10.6. The summed E-state index contributed by atoms with van der Waals surface area (Å²) in [6.45, 7) is 0.389. The van der Waals surface area contributed by atoms with E-state index in [1.54, 1.807) is 0 Å². The van der Waals surface area contributed by atoms with Gasteiger partial charge in [-0.15, -0.1) is 0 Å². The predicted octanol–water partition coefficient (Wildman–Crippen LogP) is -0.497. The summed E-state index contributed by atoms with van der Waals surface area (Å²) in [4.78, 5) is 0. The van der Waals surface area contributed by atoms with Crippen LogP contribution in [0, 0.1) is 16.7 Å². The Morgan fingerprint density at radius 2 is 2.25 bits per heavy atom. The number of nitriles is 1. The molecule has 1 fully saturated rings. The number of hydrogen-bond acceptors (Lipinski definition) is 5. The Kier molecular flexibility index (Phi) is 2.37. The number of ether oxygens (including phenoxy) is 1. The smallest absolute Gasteiger partial charge is 0.264 e. The highest BCUT2D eigenvalue weighted by atomic mass is 32.2. The average Bonchev–Trinajstić information content (AvgIpc) is 1.84. The molecule has 1 aliphatic heterocycles. The zero-order valence-corrected chi connectivity index (χ0v) is 7.43. The predicted molar refractivity (Wildman–Crippen MR) is 39.7 cm³/mol. The van der Waals surface area contributed by atoms with E-state index in [0.29, 0.717) is 0 Å². The largest absolute Gasteiger partial charge is 0.378 e. The average molecular weight is 191 g/mol. The highest BCUT2D eigenvalue weighted by molar-refractivity contribution is 7.85. The Morgan fingerprint density at radius 1 is 1.67 bits per heavy atom. The summed E-state index contributed by atoms with van der Waals surface area (Å²) >= 11 is 0. The highest BCUT2D eigenvalue weighted by Gasteiger charge is 2.40. The van der Waals surface area contributed by atoms with Crippen molar-refractivity contribution in [1.82, 2.24) is 0 Å². The van der Waals surface area contributed by atoms with Crippen molar-refractivity contribution in [3.05, 3.63) is 0 Å². The van der Waals surface area contributed by atoms with E-state index in [9.17, 15) is 8.42 Å². The van der Waals surface area contributed by atoms with Crippen LogP contribution in [0.15, 0.2) is 0 Å². The summed E-state index contributed by atoms with van der Waals surface area (Å²) in [5, 5.41) is 8.63. The molecule has 0 radical (unpaired) electrons. The molecule has 1 rings (SSSR count). The molecule has 0 amide bonds. The van der Waals surface area contributed by atoms with E-state index in [1.807, 2.05) is 6.07 Å². The Labute approximate surface area is 71.0 Å². The third kappa shape index (κ3) is 2.17. The van der Waals surface area contributed by atoms with Gasteiger partial charge in [0.1, 0.15) is 5.41 Å².